The summed E-state index contributed by atoms with van der Waals surface area (Å²) in [6, 6.07) is 2.03. The normalized spacial score (nSPS) is 29.8. The number of carbonyl (C=O) groups is 1. The summed E-state index contributed by atoms with van der Waals surface area (Å²) in [7, 11) is 0. The van der Waals surface area contributed by atoms with Gasteiger partial charge in [0, 0.05) is 19.8 Å². The number of aromatic nitrogens is 2. The molecule has 0 radical (unpaired) electrons. The fourth-order valence-electron chi connectivity index (χ4n) is 3.94. The number of rotatable bonds is 5. The summed E-state index contributed by atoms with van der Waals surface area (Å²) in [5, 5.41) is 4.42. The van der Waals surface area contributed by atoms with Gasteiger partial charge in [-0.3, -0.25) is 9.48 Å². The molecule has 24 heavy (non-hydrogen) atoms. The zero-order valence-corrected chi connectivity index (χ0v) is 14.6. The van der Waals surface area contributed by atoms with E-state index in [9.17, 15) is 4.79 Å². The summed E-state index contributed by atoms with van der Waals surface area (Å²) < 4.78 is 13.9. The van der Waals surface area contributed by atoms with Crippen LogP contribution in [0, 0.1) is 12.8 Å². The molecule has 3 fully saturated rings. The first-order valence-electron chi connectivity index (χ1n) is 9.26. The first-order valence-corrected chi connectivity index (χ1v) is 9.26. The van der Waals surface area contributed by atoms with Gasteiger partial charge in [-0.1, -0.05) is 0 Å². The molecule has 6 heteroatoms. The van der Waals surface area contributed by atoms with Crippen molar-refractivity contribution in [2.75, 3.05) is 19.8 Å². The lowest BCUT2D eigenvalue weighted by Gasteiger charge is -2.32. The summed E-state index contributed by atoms with van der Waals surface area (Å²) in [6.45, 7) is 6.87. The monoisotopic (exact) mass is 333 g/mol. The number of nitrogens with zero attached hydrogens (tertiary/aromatic N) is 3. The molecule has 0 N–H and O–H groups in total. The maximum Gasteiger partial charge on any atom is 0.272 e. The Bertz CT molecular complexity index is 611. The molecule has 1 aromatic rings. The topological polar surface area (TPSA) is 56.6 Å². The number of aryl methyl sites for hydroxylation is 2. The molecule has 3 aliphatic rings. The smallest absolute Gasteiger partial charge is 0.272 e. The summed E-state index contributed by atoms with van der Waals surface area (Å²) in [6.07, 6.45) is 4.60. The lowest BCUT2D eigenvalue weighted by atomic mass is 10.0. The van der Waals surface area contributed by atoms with Crippen molar-refractivity contribution in [3.63, 3.8) is 0 Å². The van der Waals surface area contributed by atoms with Crippen molar-refractivity contribution in [3.05, 3.63) is 17.5 Å². The molecule has 1 aromatic heterocycles. The second-order valence-corrected chi connectivity index (χ2v) is 7.30. The van der Waals surface area contributed by atoms with E-state index in [1.165, 1.54) is 12.8 Å². The summed E-state index contributed by atoms with van der Waals surface area (Å²) in [4.78, 5) is 15.1. The Kier molecular flexibility index (Phi) is 4.35. The van der Waals surface area contributed by atoms with Crippen LogP contribution in [-0.4, -0.2) is 58.6 Å². The van der Waals surface area contributed by atoms with Gasteiger partial charge in [-0.25, -0.2) is 0 Å². The van der Waals surface area contributed by atoms with Gasteiger partial charge in [-0.05, 0) is 51.5 Å². The molecule has 2 aliphatic heterocycles. The van der Waals surface area contributed by atoms with Crippen molar-refractivity contribution in [1.82, 2.24) is 14.7 Å². The number of carbonyl (C=O) groups excluding carboxylic acids is 1. The standard InChI is InChI=1S/C18H27N3O3/c1-3-21-15(9-12(2)19-21)18(22)20-10-16(24-11-13-6-7-13)17-14(20)5-4-8-23-17/h9,13-14,16-17H,3-8,10-11H2,1-2H3/t14-,16+,17+/m1/s1. The maximum absolute atomic E-state index is 13.1. The second-order valence-electron chi connectivity index (χ2n) is 7.30. The van der Waals surface area contributed by atoms with Crippen LogP contribution in [-0.2, 0) is 16.0 Å². The number of hydrogen-bond donors (Lipinski definition) is 0. The molecule has 1 aliphatic carbocycles. The summed E-state index contributed by atoms with van der Waals surface area (Å²) >= 11 is 0. The van der Waals surface area contributed by atoms with Crippen molar-refractivity contribution < 1.29 is 14.3 Å². The molecule has 132 valence electrons. The minimum Gasteiger partial charge on any atom is -0.373 e. The largest absolute Gasteiger partial charge is 0.373 e. The lowest BCUT2D eigenvalue weighted by molar-refractivity contribution is -0.0781. The SMILES string of the molecule is CCn1nc(C)cc1C(=O)N1C[C@H](OCC2CC2)[C@H]2OCCC[C@H]21. The molecule has 6 nitrogen and oxygen atoms in total. The molecule has 2 saturated heterocycles. The van der Waals surface area contributed by atoms with Crippen molar-refractivity contribution in [3.8, 4) is 0 Å². The van der Waals surface area contributed by atoms with E-state index < -0.39 is 0 Å². The van der Waals surface area contributed by atoms with Gasteiger partial charge >= 0.3 is 0 Å². The molecule has 0 spiro atoms. The molecule has 3 heterocycles. The minimum atomic E-state index is 0.0129. The summed E-state index contributed by atoms with van der Waals surface area (Å²) in [5.41, 5.74) is 1.57. The van der Waals surface area contributed by atoms with Gasteiger partial charge in [0.1, 0.15) is 17.9 Å². The molecular formula is C18H27N3O3. The Balaban J connectivity index is 1.53. The van der Waals surface area contributed by atoms with E-state index in [0.717, 1.165) is 37.7 Å². The zero-order chi connectivity index (χ0) is 16.7. The highest BCUT2D eigenvalue weighted by Crippen LogP contribution is 2.34. The first kappa shape index (κ1) is 16.1. The molecular weight excluding hydrogens is 306 g/mol. The van der Waals surface area contributed by atoms with Gasteiger partial charge in [-0.2, -0.15) is 5.10 Å². The van der Waals surface area contributed by atoms with Crippen LogP contribution in [0.15, 0.2) is 6.07 Å². The van der Waals surface area contributed by atoms with Gasteiger partial charge in [0.05, 0.1) is 18.3 Å². The Labute approximate surface area is 143 Å². The Hall–Kier alpha value is -1.40. The first-order chi connectivity index (χ1) is 11.7. The van der Waals surface area contributed by atoms with E-state index in [0.29, 0.717) is 18.8 Å². The molecule has 0 aromatic carbocycles. The van der Waals surface area contributed by atoms with Crippen LogP contribution < -0.4 is 0 Å². The van der Waals surface area contributed by atoms with Crippen molar-refractivity contribution in [2.45, 2.75) is 64.3 Å². The van der Waals surface area contributed by atoms with Crippen LogP contribution in [0.1, 0.15) is 48.8 Å². The van der Waals surface area contributed by atoms with E-state index in [4.69, 9.17) is 9.47 Å². The predicted molar refractivity (Wildman–Crippen MR) is 88.9 cm³/mol. The number of ether oxygens (including phenoxy) is 2. The van der Waals surface area contributed by atoms with Crippen LogP contribution in [0.4, 0.5) is 0 Å². The van der Waals surface area contributed by atoms with Gasteiger partial charge in [0.25, 0.3) is 5.91 Å². The van der Waals surface area contributed by atoms with E-state index in [1.807, 2.05) is 24.8 Å². The number of amides is 1. The van der Waals surface area contributed by atoms with Crippen LogP contribution in [0.25, 0.3) is 0 Å². The van der Waals surface area contributed by atoms with Crippen molar-refractivity contribution >= 4 is 5.91 Å². The second kappa shape index (κ2) is 6.48. The fourth-order valence-corrected chi connectivity index (χ4v) is 3.94. The van der Waals surface area contributed by atoms with E-state index in [-0.39, 0.29) is 24.2 Å². The number of likely N-dealkylation sites (tertiary alicyclic amines) is 1. The highest BCUT2D eigenvalue weighted by Gasteiger charge is 2.47. The molecule has 1 amide bonds. The number of hydrogen-bond acceptors (Lipinski definition) is 4. The third-order valence-corrected chi connectivity index (χ3v) is 5.40. The van der Waals surface area contributed by atoms with Crippen LogP contribution in [0.5, 0.6) is 0 Å². The summed E-state index contributed by atoms with van der Waals surface area (Å²) in [5.74, 6) is 0.788. The van der Waals surface area contributed by atoms with Crippen molar-refractivity contribution in [1.29, 1.82) is 0 Å². The molecule has 1 saturated carbocycles. The highest BCUT2D eigenvalue weighted by molar-refractivity contribution is 5.93. The molecule has 4 rings (SSSR count). The fraction of sp³-hybridized carbons (Fsp3) is 0.778. The Morgan fingerprint density at radius 3 is 3.00 bits per heavy atom. The maximum atomic E-state index is 13.1. The van der Waals surface area contributed by atoms with Crippen LogP contribution >= 0.6 is 0 Å². The van der Waals surface area contributed by atoms with Crippen LogP contribution in [0.2, 0.25) is 0 Å². The number of fused-ring (bicyclic) bond motifs is 1. The van der Waals surface area contributed by atoms with E-state index >= 15 is 0 Å². The van der Waals surface area contributed by atoms with Gasteiger partial charge < -0.3 is 14.4 Å². The van der Waals surface area contributed by atoms with E-state index in [2.05, 4.69) is 5.10 Å². The minimum absolute atomic E-state index is 0.0129. The average molecular weight is 333 g/mol. The zero-order valence-electron chi connectivity index (χ0n) is 14.6. The average Bonchev–Trinajstić information content (AvgIpc) is 3.24. The lowest BCUT2D eigenvalue weighted by Crippen LogP contribution is -2.44. The Morgan fingerprint density at radius 1 is 1.42 bits per heavy atom. The van der Waals surface area contributed by atoms with Gasteiger partial charge in [-0.15, -0.1) is 0 Å². The third kappa shape index (κ3) is 2.97. The molecule has 3 atom stereocenters. The van der Waals surface area contributed by atoms with E-state index in [1.54, 1.807) is 4.68 Å². The van der Waals surface area contributed by atoms with Gasteiger partial charge in [0.15, 0.2) is 0 Å². The third-order valence-electron chi connectivity index (χ3n) is 5.40. The molecule has 0 unspecified atom stereocenters. The quantitative estimate of drug-likeness (QED) is 0.827. The predicted octanol–water partition coefficient (Wildman–Crippen LogP) is 2.01. The highest BCUT2D eigenvalue weighted by atomic mass is 16.5. The Morgan fingerprint density at radius 2 is 2.25 bits per heavy atom. The van der Waals surface area contributed by atoms with Crippen LogP contribution in [0.3, 0.4) is 0 Å². The molecule has 0 bridgehead atoms. The van der Waals surface area contributed by atoms with Gasteiger partial charge in [0.2, 0.25) is 0 Å². The van der Waals surface area contributed by atoms with Crippen molar-refractivity contribution in [2.24, 2.45) is 5.92 Å².